The van der Waals surface area contributed by atoms with Gasteiger partial charge in [-0.1, -0.05) is 0 Å². The van der Waals surface area contributed by atoms with Crippen LogP contribution in [0.2, 0.25) is 0 Å². The summed E-state index contributed by atoms with van der Waals surface area (Å²) in [6, 6.07) is 4.01. The van der Waals surface area contributed by atoms with Crippen LogP contribution < -0.4 is 11.3 Å². The van der Waals surface area contributed by atoms with Crippen molar-refractivity contribution in [3.8, 4) is 5.69 Å². The number of carbonyl (C=O) groups excluding carboxylic acids is 1. The van der Waals surface area contributed by atoms with Crippen LogP contribution in [0.15, 0.2) is 63.0 Å². The Hall–Kier alpha value is -3.75. The number of benzene rings is 2. The van der Waals surface area contributed by atoms with Crippen molar-refractivity contribution in [2.45, 2.75) is 54.8 Å². The lowest BCUT2D eigenvalue weighted by molar-refractivity contribution is -0.141. The summed E-state index contributed by atoms with van der Waals surface area (Å²) in [5.74, 6) is -5.43. The summed E-state index contributed by atoms with van der Waals surface area (Å²) in [6.07, 6.45) is -18.8. The van der Waals surface area contributed by atoms with Gasteiger partial charge < -0.3 is 5.73 Å². The van der Waals surface area contributed by atoms with Gasteiger partial charge >= 0.3 is 24.7 Å². The number of nitrogens with zero attached hydrogens (tertiary/aromatic N) is 2. The zero-order valence-corrected chi connectivity index (χ0v) is 26.2. The molecule has 0 aliphatic rings. The number of alkyl halides is 12. The molecule has 0 atom stereocenters. The minimum atomic E-state index is -4.89. The molecule has 0 saturated carbocycles. The van der Waals surface area contributed by atoms with Crippen LogP contribution in [0.25, 0.3) is 5.69 Å². The Morgan fingerprint density at radius 3 is 1.73 bits per heavy atom. The number of thioether (sulfide) groups is 2. The first kappa shape index (κ1) is 41.4. The highest BCUT2D eigenvalue weighted by Crippen LogP contribution is 2.33. The number of carbonyl (C=O) groups is 1. The van der Waals surface area contributed by atoms with Crippen LogP contribution in [0.1, 0.15) is 22.4 Å². The summed E-state index contributed by atoms with van der Waals surface area (Å²) < 4.78 is 176. The third-order valence-corrected chi connectivity index (χ3v) is 8.18. The van der Waals surface area contributed by atoms with Crippen LogP contribution >= 0.6 is 23.5 Å². The summed E-state index contributed by atoms with van der Waals surface area (Å²) >= 11 is 0.776. The van der Waals surface area contributed by atoms with E-state index in [1.807, 2.05) is 0 Å². The lowest BCUT2D eigenvalue weighted by Crippen LogP contribution is -2.23. The Kier molecular flexibility index (Phi) is 13.4. The quantitative estimate of drug-likeness (QED) is 0.141. The first-order valence-electron chi connectivity index (χ1n) is 12.9. The minimum absolute atomic E-state index is 0.0422. The van der Waals surface area contributed by atoms with E-state index in [1.165, 1.54) is 13.8 Å². The van der Waals surface area contributed by atoms with Crippen molar-refractivity contribution in [2.75, 3.05) is 11.5 Å². The Balaban J connectivity index is 0.000000341. The predicted octanol–water partition coefficient (Wildman–Crippen LogP) is 8.66. The largest absolute Gasteiger partial charge is 0.433 e. The van der Waals surface area contributed by atoms with Crippen LogP contribution in [0.4, 0.5) is 61.5 Å². The van der Waals surface area contributed by atoms with Crippen LogP contribution in [0.5, 0.6) is 0 Å². The molecular formula is C28H21F14N3O2S2. The zero-order valence-electron chi connectivity index (χ0n) is 24.6. The van der Waals surface area contributed by atoms with E-state index in [9.17, 15) is 71.1 Å². The van der Waals surface area contributed by atoms with Gasteiger partial charge in [-0.3, -0.25) is 14.2 Å². The standard InChI is InChI=1S/C14H9F7N2OS.C14H12F7NOS/c1-7-2-8(15)9(3-10(7)25-5-13(16,17)18)23-6-22-11(4-12(23)24)14(19,20)21;1-7-2-10(15)8(4-11(7)24-6-13(16,17)18)3-9(23)5-12(22)14(19,20)21/h2-4,6H,5H2,1H3;2,4-5H,3,6,22H2,1H3/b;12-5-. The molecule has 0 saturated heterocycles. The molecule has 0 spiro atoms. The van der Waals surface area contributed by atoms with Gasteiger partial charge in [0.25, 0.3) is 5.56 Å². The molecule has 0 aliphatic carbocycles. The average Bonchev–Trinajstić information content (AvgIpc) is 2.92. The SMILES string of the molecule is Cc1cc(F)c(-n2cnc(C(F)(F)F)cc2=O)cc1SCC(F)(F)F.Cc1cc(F)c(CC(=O)/C=C(\N)C(F)(F)F)cc1SCC(F)(F)F. The van der Waals surface area contributed by atoms with Crippen molar-refractivity contribution >= 4 is 29.3 Å². The molecule has 1 aromatic heterocycles. The second-order valence-corrected chi connectivity index (χ2v) is 11.8. The van der Waals surface area contributed by atoms with Gasteiger partial charge in [-0.05, 0) is 54.8 Å². The normalized spacial score (nSPS) is 12.9. The molecule has 0 bridgehead atoms. The molecule has 3 aromatic rings. The Morgan fingerprint density at radius 1 is 0.796 bits per heavy atom. The Bertz CT molecular complexity index is 1740. The number of hydrogen-bond donors (Lipinski definition) is 1. The number of aryl methyl sites for hydroxylation is 2. The van der Waals surface area contributed by atoms with Gasteiger partial charge in [0.15, 0.2) is 11.5 Å². The van der Waals surface area contributed by atoms with E-state index >= 15 is 0 Å². The molecule has 0 unspecified atom stereocenters. The number of allylic oxidation sites excluding steroid dienone is 2. The first-order valence-corrected chi connectivity index (χ1v) is 14.9. The molecule has 3 rings (SSSR count). The highest BCUT2D eigenvalue weighted by Gasteiger charge is 2.34. The van der Waals surface area contributed by atoms with Crippen molar-refractivity contribution < 1.29 is 66.3 Å². The van der Waals surface area contributed by atoms with Gasteiger partial charge in [-0.15, -0.1) is 23.5 Å². The summed E-state index contributed by atoms with van der Waals surface area (Å²) in [5, 5.41) is 0. The Labute approximate surface area is 275 Å². The number of hydrogen-bond acceptors (Lipinski definition) is 6. The van der Waals surface area contributed by atoms with E-state index in [-0.39, 0.29) is 38.6 Å². The number of aromatic nitrogens is 2. The molecule has 0 radical (unpaired) electrons. The van der Waals surface area contributed by atoms with E-state index in [1.54, 1.807) is 0 Å². The van der Waals surface area contributed by atoms with E-state index in [4.69, 9.17) is 0 Å². The van der Waals surface area contributed by atoms with Crippen molar-refractivity contribution in [1.29, 1.82) is 0 Å². The lowest BCUT2D eigenvalue weighted by atomic mass is 10.1. The van der Waals surface area contributed by atoms with E-state index in [2.05, 4.69) is 10.7 Å². The van der Waals surface area contributed by atoms with Gasteiger partial charge in [0.1, 0.15) is 23.7 Å². The molecule has 0 amide bonds. The van der Waals surface area contributed by atoms with Crippen molar-refractivity contribution in [3.05, 3.63) is 92.8 Å². The predicted molar refractivity (Wildman–Crippen MR) is 151 cm³/mol. The van der Waals surface area contributed by atoms with Crippen LogP contribution in [-0.4, -0.2) is 45.4 Å². The van der Waals surface area contributed by atoms with Gasteiger partial charge in [-0.25, -0.2) is 13.8 Å². The van der Waals surface area contributed by atoms with Crippen molar-refractivity contribution in [3.63, 3.8) is 0 Å². The van der Waals surface area contributed by atoms with E-state index in [0.29, 0.717) is 34.4 Å². The number of nitrogens with two attached hydrogens (primary N) is 1. The summed E-state index contributed by atoms with van der Waals surface area (Å²) in [4.78, 5) is 26.5. The van der Waals surface area contributed by atoms with Gasteiger partial charge in [0.05, 0.1) is 17.2 Å². The monoisotopic (exact) mass is 761 g/mol. The number of rotatable bonds is 8. The molecule has 270 valence electrons. The van der Waals surface area contributed by atoms with Crippen molar-refractivity contribution in [2.24, 2.45) is 5.73 Å². The maximum absolute atomic E-state index is 14.1. The molecular weight excluding hydrogens is 740 g/mol. The van der Waals surface area contributed by atoms with Crippen LogP contribution in [0.3, 0.4) is 0 Å². The van der Waals surface area contributed by atoms with Gasteiger partial charge in [-0.2, -0.15) is 52.7 Å². The van der Waals surface area contributed by atoms with Gasteiger partial charge in [0.2, 0.25) is 0 Å². The average molecular weight is 762 g/mol. The van der Waals surface area contributed by atoms with Gasteiger partial charge in [0, 0.05) is 28.4 Å². The highest BCUT2D eigenvalue weighted by atomic mass is 32.2. The maximum Gasteiger partial charge on any atom is 0.433 e. The molecule has 0 fully saturated rings. The smallest absolute Gasteiger partial charge is 0.395 e. The molecule has 5 nitrogen and oxygen atoms in total. The molecule has 49 heavy (non-hydrogen) atoms. The zero-order chi connectivity index (χ0) is 37.7. The summed E-state index contributed by atoms with van der Waals surface area (Å²) in [7, 11) is 0. The minimum Gasteiger partial charge on any atom is -0.395 e. The van der Waals surface area contributed by atoms with E-state index in [0.717, 1.165) is 24.3 Å². The van der Waals surface area contributed by atoms with Crippen LogP contribution in [-0.2, 0) is 17.4 Å². The Morgan fingerprint density at radius 2 is 1.29 bits per heavy atom. The van der Waals surface area contributed by atoms with Crippen molar-refractivity contribution in [1.82, 2.24) is 9.55 Å². The highest BCUT2D eigenvalue weighted by molar-refractivity contribution is 7.99. The lowest BCUT2D eigenvalue weighted by Gasteiger charge is -2.13. The summed E-state index contributed by atoms with van der Waals surface area (Å²) in [6.45, 7) is 2.76. The van der Waals surface area contributed by atoms with Crippen LogP contribution in [0, 0.1) is 25.5 Å². The number of halogens is 14. The molecule has 21 heteroatoms. The fourth-order valence-corrected chi connectivity index (χ4v) is 5.15. The molecule has 2 aromatic carbocycles. The fraction of sp³-hybridized carbons (Fsp3) is 0.321. The third-order valence-electron chi connectivity index (χ3n) is 5.74. The maximum atomic E-state index is 14.1. The summed E-state index contributed by atoms with van der Waals surface area (Å²) in [5.41, 5.74) is 0.0244. The molecule has 2 N–H and O–H groups in total. The second-order valence-electron chi connectivity index (χ2n) is 9.81. The first-order chi connectivity index (χ1) is 22.2. The topological polar surface area (TPSA) is 78.0 Å². The van der Waals surface area contributed by atoms with E-state index < -0.39 is 82.7 Å². The third kappa shape index (κ3) is 13.2. The molecule has 0 aliphatic heterocycles. The second kappa shape index (κ2) is 15.9. The molecule has 1 heterocycles. The fourth-order valence-electron chi connectivity index (χ4n) is 3.52. The number of ketones is 1.